The van der Waals surface area contributed by atoms with Crippen molar-refractivity contribution in [3.8, 4) is 0 Å². The van der Waals surface area contributed by atoms with Crippen LogP contribution in [0.4, 0.5) is 0 Å². The van der Waals surface area contributed by atoms with Crippen LogP contribution in [-0.4, -0.2) is 17.0 Å². The average molecular weight is 249 g/mol. The van der Waals surface area contributed by atoms with Crippen molar-refractivity contribution in [3.63, 3.8) is 0 Å². The summed E-state index contributed by atoms with van der Waals surface area (Å²) in [6, 6.07) is 4.45. The second kappa shape index (κ2) is 6.19. The standard InChI is InChI=1S/C14H19NO3/c1-4-5-12(16)15-13(14(17)18)11-7-6-9(2)10(3)8-11/h6-8,13H,4-5H2,1-3H3,(H,15,16)(H,17,18). The molecular weight excluding hydrogens is 230 g/mol. The first-order valence-corrected chi connectivity index (χ1v) is 6.05. The molecule has 0 radical (unpaired) electrons. The number of carboxylic acid groups (broad SMARTS) is 1. The summed E-state index contributed by atoms with van der Waals surface area (Å²) >= 11 is 0. The van der Waals surface area contributed by atoms with E-state index in [-0.39, 0.29) is 5.91 Å². The Kier molecular flexibility index (Phi) is 4.89. The zero-order chi connectivity index (χ0) is 13.7. The topological polar surface area (TPSA) is 66.4 Å². The van der Waals surface area contributed by atoms with Crippen LogP contribution in [0.3, 0.4) is 0 Å². The Hall–Kier alpha value is -1.84. The summed E-state index contributed by atoms with van der Waals surface area (Å²) in [5.41, 5.74) is 2.72. The van der Waals surface area contributed by atoms with Crippen LogP contribution < -0.4 is 5.32 Å². The van der Waals surface area contributed by atoms with E-state index < -0.39 is 12.0 Å². The van der Waals surface area contributed by atoms with Gasteiger partial charge in [-0.1, -0.05) is 25.1 Å². The van der Waals surface area contributed by atoms with Gasteiger partial charge in [0.05, 0.1) is 0 Å². The monoisotopic (exact) mass is 249 g/mol. The van der Waals surface area contributed by atoms with Gasteiger partial charge in [-0.3, -0.25) is 4.79 Å². The number of amides is 1. The SMILES string of the molecule is CCCC(=O)NC(C(=O)O)c1ccc(C)c(C)c1. The van der Waals surface area contributed by atoms with Gasteiger partial charge in [0.15, 0.2) is 6.04 Å². The molecule has 1 amide bonds. The molecule has 0 aromatic heterocycles. The number of benzene rings is 1. The minimum absolute atomic E-state index is 0.233. The maximum absolute atomic E-state index is 11.5. The number of rotatable bonds is 5. The van der Waals surface area contributed by atoms with E-state index in [1.54, 1.807) is 12.1 Å². The summed E-state index contributed by atoms with van der Waals surface area (Å²) < 4.78 is 0. The highest BCUT2D eigenvalue weighted by Gasteiger charge is 2.21. The third-order valence-electron chi connectivity index (χ3n) is 2.89. The van der Waals surface area contributed by atoms with Crippen molar-refractivity contribution in [2.75, 3.05) is 0 Å². The molecule has 1 aromatic carbocycles. The molecule has 18 heavy (non-hydrogen) atoms. The van der Waals surface area contributed by atoms with Gasteiger partial charge in [0, 0.05) is 6.42 Å². The first-order chi connectivity index (χ1) is 8.45. The van der Waals surface area contributed by atoms with E-state index in [4.69, 9.17) is 0 Å². The van der Waals surface area contributed by atoms with Crippen molar-refractivity contribution in [3.05, 3.63) is 34.9 Å². The van der Waals surface area contributed by atoms with Crippen LogP contribution in [0.5, 0.6) is 0 Å². The number of carbonyl (C=O) groups is 2. The van der Waals surface area contributed by atoms with Crippen molar-refractivity contribution in [2.45, 2.75) is 39.7 Å². The summed E-state index contributed by atoms with van der Waals surface area (Å²) in [4.78, 5) is 22.7. The van der Waals surface area contributed by atoms with Crippen LogP contribution in [0.15, 0.2) is 18.2 Å². The predicted molar refractivity (Wildman–Crippen MR) is 69.3 cm³/mol. The molecule has 0 saturated heterocycles. The van der Waals surface area contributed by atoms with Gasteiger partial charge in [0.25, 0.3) is 0 Å². The third-order valence-corrected chi connectivity index (χ3v) is 2.89. The highest BCUT2D eigenvalue weighted by Crippen LogP contribution is 2.17. The quantitative estimate of drug-likeness (QED) is 0.841. The van der Waals surface area contributed by atoms with E-state index in [1.165, 1.54) is 0 Å². The van der Waals surface area contributed by atoms with Gasteiger partial charge in [-0.25, -0.2) is 4.79 Å². The Balaban J connectivity index is 2.94. The molecule has 0 saturated carbocycles. The molecule has 0 aliphatic carbocycles. The van der Waals surface area contributed by atoms with E-state index in [2.05, 4.69) is 5.32 Å². The van der Waals surface area contributed by atoms with E-state index in [1.807, 2.05) is 26.8 Å². The van der Waals surface area contributed by atoms with Crippen LogP contribution in [-0.2, 0) is 9.59 Å². The zero-order valence-corrected chi connectivity index (χ0v) is 11.0. The highest BCUT2D eigenvalue weighted by atomic mass is 16.4. The maximum atomic E-state index is 11.5. The Labute approximate surface area is 107 Å². The molecule has 0 bridgehead atoms. The highest BCUT2D eigenvalue weighted by molar-refractivity contribution is 5.84. The Morgan fingerprint density at radius 2 is 1.94 bits per heavy atom. The van der Waals surface area contributed by atoms with Gasteiger partial charge in [0.2, 0.25) is 5.91 Å². The van der Waals surface area contributed by atoms with Crippen LogP contribution in [0.1, 0.15) is 42.5 Å². The molecule has 2 N–H and O–H groups in total. The Morgan fingerprint density at radius 3 is 2.44 bits per heavy atom. The molecule has 1 atom stereocenters. The summed E-state index contributed by atoms with van der Waals surface area (Å²) in [7, 11) is 0. The summed E-state index contributed by atoms with van der Waals surface area (Å²) in [6.45, 7) is 5.77. The fraction of sp³-hybridized carbons (Fsp3) is 0.429. The average Bonchev–Trinajstić information content (AvgIpc) is 2.30. The largest absolute Gasteiger partial charge is 0.479 e. The lowest BCUT2D eigenvalue weighted by molar-refractivity contribution is -0.142. The second-order valence-corrected chi connectivity index (χ2v) is 4.43. The van der Waals surface area contributed by atoms with Crippen LogP contribution in [0, 0.1) is 13.8 Å². The van der Waals surface area contributed by atoms with E-state index >= 15 is 0 Å². The van der Waals surface area contributed by atoms with Gasteiger partial charge in [0.1, 0.15) is 0 Å². The van der Waals surface area contributed by atoms with Crippen LogP contribution >= 0.6 is 0 Å². The molecule has 1 aromatic rings. The first kappa shape index (κ1) is 14.2. The van der Waals surface area contributed by atoms with Crippen molar-refractivity contribution in [1.29, 1.82) is 0 Å². The normalized spacial score (nSPS) is 11.9. The Morgan fingerprint density at radius 1 is 1.28 bits per heavy atom. The molecule has 0 fully saturated rings. The predicted octanol–water partition coefficient (Wildman–Crippen LogP) is 2.35. The van der Waals surface area contributed by atoms with Gasteiger partial charge >= 0.3 is 5.97 Å². The van der Waals surface area contributed by atoms with Crippen molar-refractivity contribution in [2.24, 2.45) is 0 Å². The molecule has 1 unspecified atom stereocenters. The fourth-order valence-corrected chi connectivity index (χ4v) is 1.69. The van der Waals surface area contributed by atoms with Crippen LogP contribution in [0.25, 0.3) is 0 Å². The molecular formula is C14H19NO3. The third kappa shape index (κ3) is 3.58. The lowest BCUT2D eigenvalue weighted by Crippen LogP contribution is -2.33. The number of aliphatic carboxylic acids is 1. The molecule has 4 heteroatoms. The smallest absolute Gasteiger partial charge is 0.330 e. The molecule has 98 valence electrons. The van der Waals surface area contributed by atoms with E-state index in [9.17, 15) is 14.7 Å². The summed E-state index contributed by atoms with van der Waals surface area (Å²) in [6.07, 6.45) is 1.04. The second-order valence-electron chi connectivity index (χ2n) is 4.43. The molecule has 0 aliphatic heterocycles. The van der Waals surface area contributed by atoms with Gasteiger partial charge < -0.3 is 10.4 Å². The number of carbonyl (C=O) groups excluding carboxylic acids is 1. The van der Waals surface area contributed by atoms with Crippen molar-refractivity contribution in [1.82, 2.24) is 5.32 Å². The summed E-state index contributed by atoms with van der Waals surface area (Å²) in [5.74, 6) is -1.27. The number of hydrogen-bond acceptors (Lipinski definition) is 2. The van der Waals surface area contributed by atoms with Gasteiger partial charge in [-0.2, -0.15) is 0 Å². The van der Waals surface area contributed by atoms with Crippen molar-refractivity contribution >= 4 is 11.9 Å². The van der Waals surface area contributed by atoms with Crippen molar-refractivity contribution < 1.29 is 14.7 Å². The lowest BCUT2D eigenvalue weighted by Gasteiger charge is -2.16. The van der Waals surface area contributed by atoms with Gasteiger partial charge in [-0.15, -0.1) is 0 Å². The number of carboxylic acids is 1. The molecule has 0 heterocycles. The fourth-order valence-electron chi connectivity index (χ4n) is 1.69. The van der Waals surface area contributed by atoms with Crippen LogP contribution in [0.2, 0.25) is 0 Å². The molecule has 0 spiro atoms. The number of hydrogen-bond donors (Lipinski definition) is 2. The maximum Gasteiger partial charge on any atom is 0.330 e. The molecule has 0 aliphatic rings. The summed E-state index contributed by atoms with van der Waals surface area (Å²) in [5, 5.41) is 11.7. The van der Waals surface area contributed by atoms with Gasteiger partial charge in [-0.05, 0) is 37.0 Å². The van der Waals surface area contributed by atoms with E-state index in [0.29, 0.717) is 18.4 Å². The number of aryl methyl sites for hydroxylation is 2. The first-order valence-electron chi connectivity index (χ1n) is 6.05. The van der Waals surface area contributed by atoms with E-state index in [0.717, 1.165) is 11.1 Å². The molecule has 1 rings (SSSR count). The molecule has 4 nitrogen and oxygen atoms in total. The Bertz CT molecular complexity index is 454. The zero-order valence-electron chi connectivity index (χ0n) is 11.0. The number of nitrogens with one attached hydrogen (secondary N) is 1. The minimum Gasteiger partial charge on any atom is -0.479 e. The lowest BCUT2D eigenvalue weighted by atomic mass is 10.0. The minimum atomic E-state index is -1.04.